The van der Waals surface area contributed by atoms with Crippen LogP contribution in [0.4, 0.5) is 18.0 Å². The first-order valence-electron chi connectivity index (χ1n) is 8.10. The summed E-state index contributed by atoms with van der Waals surface area (Å²) in [5, 5.41) is 8.90. The fourth-order valence-electron chi connectivity index (χ4n) is 2.26. The summed E-state index contributed by atoms with van der Waals surface area (Å²) in [6, 6.07) is 2.40. The van der Waals surface area contributed by atoms with Crippen LogP contribution in [0.1, 0.15) is 12.5 Å². The van der Waals surface area contributed by atoms with Gasteiger partial charge in [-0.2, -0.15) is 13.2 Å². The van der Waals surface area contributed by atoms with Crippen molar-refractivity contribution in [3.8, 4) is 5.75 Å². The van der Waals surface area contributed by atoms with Gasteiger partial charge in [0.15, 0.2) is 0 Å². The third-order valence-electron chi connectivity index (χ3n) is 3.47. The fraction of sp³-hybridized carbons (Fsp3) is 0.375. The van der Waals surface area contributed by atoms with Gasteiger partial charge in [-0.3, -0.25) is 0 Å². The average Bonchev–Trinajstić information content (AvgIpc) is 2.63. The molecule has 0 saturated carbocycles. The topological polar surface area (TPSA) is 123 Å². The fourth-order valence-corrected chi connectivity index (χ4v) is 2.82. The Kier molecular flexibility index (Phi) is 7.79. The lowest BCUT2D eigenvalue weighted by Gasteiger charge is -2.28. The quantitative estimate of drug-likeness (QED) is 0.242. The monoisotopic (exact) mass is 489 g/mol. The van der Waals surface area contributed by atoms with E-state index in [9.17, 15) is 32.9 Å². The number of halogens is 5. The van der Waals surface area contributed by atoms with E-state index in [1.165, 1.54) is 19.1 Å². The molecule has 0 spiro atoms. The van der Waals surface area contributed by atoms with E-state index in [-0.39, 0.29) is 21.4 Å². The van der Waals surface area contributed by atoms with Crippen LogP contribution in [0.5, 0.6) is 5.75 Å². The van der Waals surface area contributed by atoms with Gasteiger partial charge in [0.1, 0.15) is 18.5 Å². The molecule has 10 nitrogen and oxygen atoms in total. The Bertz CT molecular complexity index is 907. The number of carbonyl (C=O) groups is 2. The zero-order valence-corrected chi connectivity index (χ0v) is 16.8. The van der Waals surface area contributed by atoms with Crippen LogP contribution in [-0.2, 0) is 23.8 Å². The summed E-state index contributed by atoms with van der Waals surface area (Å²) >= 11 is 11.7. The minimum atomic E-state index is -5.00. The van der Waals surface area contributed by atoms with Crippen molar-refractivity contribution >= 4 is 41.4 Å². The van der Waals surface area contributed by atoms with Crippen molar-refractivity contribution in [1.29, 1.82) is 0 Å². The van der Waals surface area contributed by atoms with E-state index >= 15 is 0 Å². The second-order valence-corrected chi connectivity index (χ2v) is 6.68. The van der Waals surface area contributed by atoms with Gasteiger partial charge in [-0.1, -0.05) is 23.2 Å². The highest BCUT2D eigenvalue weighted by Crippen LogP contribution is 2.42. The molecule has 2 unspecified atom stereocenters. The molecule has 0 bridgehead atoms. The number of fused-ring (bicyclic) bond motifs is 1. The zero-order chi connectivity index (χ0) is 23.3. The number of hydrogen-bond acceptors (Lipinski definition) is 9. The van der Waals surface area contributed by atoms with Gasteiger partial charge in [-0.15, -0.1) is 10.1 Å². The molecule has 2 rings (SSSR count). The van der Waals surface area contributed by atoms with Crippen molar-refractivity contribution in [3.05, 3.63) is 43.4 Å². The summed E-state index contributed by atoms with van der Waals surface area (Å²) in [5.41, 5.74) is -0.937. The predicted molar refractivity (Wildman–Crippen MR) is 95.8 cm³/mol. The first-order chi connectivity index (χ1) is 14.4. The van der Waals surface area contributed by atoms with Crippen molar-refractivity contribution in [3.63, 3.8) is 0 Å². The Morgan fingerprint density at radius 3 is 2.55 bits per heavy atom. The molecule has 0 radical (unpaired) electrons. The largest absolute Gasteiger partial charge is 0.511 e. The third kappa shape index (κ3) is 6.79. The zero-order valence-electron chi connectivity index (χ0n) is 15.3. The molecule has 2 atom stereocenters. The molecule has 0 N–H and O–H groups in total. The summed E-state index contributed by atoms with van der Waals surface area (Å²) in [6.07, 6.45) is -9.37. The second kappa shape index (κ2) is 9.92. The van der Waals surface area contributed by atoms with E-state index in [1.54, 1.807) is 0 Å². The number of nitrogens with zero attached hydrogens (tertiary/aromatic N) is 1. The number of alkyl halides is 3. The van der Waals surface area contributed by atoms with Gasteiger partial charge in [-0.25, -0.2) is 9.59 Å². The highest BCUT2D eigenvalue weighted by atomic mass is 35.5. The van der Waals surface area contributed by atoms with E-state index in [1.807, 2.05) is 0 Å². The SMILES string of the molecule is CC(COC(=O)OCOC(=O)C1=Cc2cc(Cl)cc(Cl)c2OC1C(F)(F)F)O[N+](=O)[O-]. The summed E-state index contributed by atoms with van der Waals surface area (Å²) in [5.74, 6) is -1.82. The van der Waals surface area contributed by atoms with Crippen LogP contribution in [0, 0.1) is 10.1 Å². The number of carbonyl (C=O) groups excluding carboxylic acids is 2. The maximum Gasteiger partial charge on any atom is 0.511 e. The average molecular weight is 490 g/mol. The lowest BCUT2D eigenvalue weighted by atomic mass is 10.0. The van der Waals surface area contributed by atoms with Crippen molar-refractivity contribution in [1.82, 2.24) is 0 Å². The van der Waals surface area contributed by atoms with Gasteiger partial charge < -0.3 is 23.8 Å². The summed E-state index contributed by atoms with van der Waals surface area (Å²) in [6.45, 7) is -0.451. The van der Waals surface area contributed by atoms with Crippen LogP contribution in [0.2, 0.25) is 10.0 Å². The van der Waals surface area contributed by atoms with Gasteiger partial charge in [-0.05, 0) is 25.1 Å². The molecule has 1 aliphatic rings. The van der Waals surface area contributed by atoms with Crippen LogP contribution in [0.3, 0.4) is 0 Å². The van der Waals surface area contributed by atoms with Gasteiger partial charge in [0.2, 0.25) is 12.9 Å². The molecule has 1 aromatic rings. The minimum Gasteiger partial charge on any atom is -0.474 e. The highest BCUT2D eigenvalue weighted by Gasteiger charge is 2.49. The molecular formula is C16H12Cl2F3NO9. The van der Waals surface area contributed by atoms with Crippen LogP contribution in [-0.4, -0.2) is 49.0 Å². The highest BCUT2D eigenvalue weighted by molar-refractivity contribution is 6.36. The number of rotatable bonds is 7. The van der Waals surface area contributed by atoms with Gasteiger partial charge in [0.05, 0.1) is 10.6 Å². The van der Waals surface area contributed by atoms with Crippen molar-refractivity contribution in [2.75, 3.05) is 13.4 Å². The normalized spacial score (nSPS) is 16.2. The van der Waals surface area contributed by atoms with Crippen molar-refractivity contribution in [2.45, 2.75) is 25.3 Å². The Balaban J connectivity index is 2.02. The number of esters is 1. The van der Waals surface area contributed by atoms with Gasteiger partial charge in [0, 0.05) is 10.6 Å². The molecule has 0 aliphatic carbocycles. The first kappa shape index (κ1) is 24.3. The van der Waals surface area contributed by atoms with Gasteiger partial charge >= 0.3 is 18.3 Å². The molecule has 0 fully saturated rings. The second-order valence-electron chi connectivity index (χ2n) is 5.84. The summed E-state index contributed by atoms with van der Waals surface area (Å²) in [7, 11) is 0. The van der Waals surface area contributed by atoms with E-state index in [4.69, 9.17) is 27.9 Å². The Hall–Kier alpha value is -2.93. The summed E-state index contributed by atoms with van der Waals surface area (Å²) < 4.78 is 58.3. The van der Waals surface area contributed by atoms with Gasteiger partial charge in [0.25, 0.3) is 5.09 Å². The van der Waals surface area contributed by atoms with Crippen LogP contribution in [0.25, 0.3) is 6.08 Å². The maximum absolute atomic E-state index is 13.4. The van der Waals surface area contributed by atoms with E-state index in [2.05, 4.69) is 19.0 Å². The maximum atomic E-state index is 13.4. The number of hydrogen-bond donors (Lipinski definition) is 0. The third-order valence-corrected chi connectivity index (χ3v) is 3.97. The Morgan fingerprint density at radius 2 is 1.94 bits per heavy atom. The molecule has 1 aromatic carbocycles. The Morgan fingerprint density at radius 1 is 1.26 bits per heavy atom. The van der Waals surface area contributed by atoms with E-state index in [0.717, 1.165) is 6.08 Å². The number of benzene rings is 1. The molecular weight excluding hydrogens is 478 g/mol. The molecule has 0 amide bonds. The lowest BCUT2D eigenvalue weighted by Crippen LogP contribution is -2.41. The number of ether oxygens (including phenoxy) is 4. The molecule has 1 aliphatic heterocycles. The first-order valence-corrected chi connectivity index (χ1v) is 8.86. The molecule has 0 saturated heterocycles. The minimum absolute atomic E-state index is 0.00468. The Labute approximate surface area is 181 Å². The molecule has 0 aromatic heterocycles. The standard InChI is InChI=1S/C16H12Cl2F3NO9/c1-7(31-22(25)26)5-27-15(24)29-6-28-14(23)10-3-8-2-9(17)4-11(18)12(8)30-13(10)16(19,20)21/h2-4,7,13H,5-6H2,1H3. The molecule has 15 heteroatoms. The van der Waals surface area contributed by atoms with Crippen LogP contribution >= 0.6 is 23.2 Å². The molecule has 170 valence electrons. The van der Waals surface area contributed by atoms with E-state index < -0.39 is 54.6 Å². The summed E-state index contributed by atoms with van der Waals surface area (Å²) in [4.78, 5) is 37.7. The predicted octanol–water partition coefficient (Wildman–Crippen LogP) is 3.95. The van der Waals surface area contributed by atoms with Crippen molar-refractivity contribution in [2.24, 2.45) is 0 Å². The van der Waals surface area contributed by atoms with E-state index in [0.29, 0.717) is 0 Å². The molecule has 31 heavy (non-hydrogen) atoms. The van der Waals surface area contributed by atoms with Crippen molar-refractivity contribution < 1.29 is 51.6 Å². The molecule has 1 heterocycles. The van der Waals surface area contributed by atoms with Crippen LogP contribution in [0.15, 0.2) is 17.7 Å². The smallest absolute Gasteiger partial charge is 0.474 e. The lowest BCUT2D eigenvalue weighted by molar-refractivity contribution is -0.767. The van der Waals surface area contributed by atoms with Crippen LogP contribution < -0.4 is 4.74 Å².